The molecule has 3 N–H and O–H groups in total. The number of nitrogens with two attached hydrogens (primary N) is 1. The fourth-order valence-electron chi connectivity index (χ4n) is 4.55. The fourth-order valence-corrected chi connectivity index (χ4v) is 4.55. The molecule has 1 fully saturated rings. The third kappa shape index (κ3) is 6.38. The number of hydrogen-bond donors (Lipinski definition) is 2. The number of likely N-dealkylation sites (tertiary alicyclic amines) is 1. The van der Waals surface area contributed by atoms with Crippen LogP contribution in [0.25, 0.3) is 28.3 Å². The Morgan fingerprint density at radius 2 is 2.00 bits per heavy atom. The predicted octanol–water partition coefficient (Wildman–Crippen LogP) is 4.68. The second-order valence-corrected chi connectivity index (χ2v) is 9.55. The Hall–Kier alpha value is -4.71. The number of anilines is 1. The van der Waals surface area contributed by atoms with Crippen molar-refractivity contribution in [3.63, 3.8) is 0 Å². The molecule has 2 amide bonds. The first-order chi connectivity index (χ1) is 19.6. The number of nitrogens with one attached hydrogen (secondary N) is 1. The maximum atomic E-state index is 14.0. The number of amides is 2. The molecule has 1 aliphatic heterocycles. The minimum Gasteiger partial charge on any atom is -0.459 e. The third-order valence-corrected chi connectivity index (χ3v) is 6.72. The molecule has 0 unspecified atom stereocenters. The van der Waals surface area contributed by atoms with Crippen LogP contribution in [-0.2, 0) is 22.3 Å². The van der Waals surface area contributed by atoms with Gasteiger partial charge in [-0.05, 0) is 60.5 Å². The zero-order chi connectivity index (χ0) is 29.1. The van der Waals surface area contributed by atoms with Gasteiger partial charge in [0.2, 0.25) is 5.91 Å². The van der Waals surface area contributed by atoms with Crippen LogP contribution in [0.2, 0.25) is 0 Å². The number of ether oxygens (including phenoxy) is 1. The summed E-state index contributed by atoms with van der Waals surface area (Å²) in [4.78, 5) is 34.9. The highest BCUT2D eigenvalue weighted by atomic mass is 19.4. The van der Waals surface area contributed by atoms with E-state index >= 15 is 0 Å². The maximum Gasteiger partial charge on any atom is 0.420 e. The fraction of sp³-hybridized carbons (Fsp3) is 0.241. The van der Waals surface area contributed by atoms with Gasteiger partial charge in [0, 0.05) is 49.6 Å². The van der Waals surface area contributed by atoms with E-state index in [0.29, 0.717) is 30.0 Å². The smallest absolute Gasteiger partial charge is 0.420 e. The lowest BCUT2D eigenvalue weighted by Gasteiger charge is -2.16. The van der Waals surface area contributed by atoms with E-state index < -0.39 is 17.6 Å². The van der Waals surface area contributed by atoms with Gasteiger partial charge in [0.05, 0.1) is 29.5 Å². The van der Waals surface area contributed by atoms with Crippen molar-refractivity contribution in [3.05, 3.63) is 83.4 Å². The van der Waals surface area contributed by atoms with Gasteiger partial charge in [-0.2, -0.15) is 13.2 Å². The number of hydrogen-bond acceptors (Lipinski definition) is 7. The molecule has 41 heavy (non-hydrogen) atoms. The minimum absolute atomic E-state index is 0.0181. The number of methoxy groups -OCH3 is 1. The summed E-state index contributed by atoms with van der Waals surface area (Å²) in [5, 5.41) is 2.79. The van der Waals surface area contributed by atoms with Crippen molar-refractivity contribution in [1.82, 2.24) is 20.2 Å². The lowest BCUT2D eigenvalue weighted by atomic mass is 10.0. The van der Waals surface area contributed by atoms with Gasteiger partial charge in [-0.25, -0.2) is 4.98 Å². The largest absolute Gasteiger partial charge is 0.459 e. The van der Waals surface area contributed by atoms with Crippen molar-refractivity contribution in [2.24, 2.45) is 0 Å². The molecule has 0 bridgehead atoms. The highest BCUT2D eigenvalue weighted by Gasteiger charge is 2.35. The van der Waals surface area contributed by atoms with Crippen LogP contribution in [0.15, 0.2) is 65.4 Å². The molecule has 0 spiro atoms. The molecule has 1 aromatic carbocycles. The van der Waals surface area contributed by atoms with E-state index in [4.69, 9.17) is 14.9 Å². The van der Waals surface area contributed by atoms with Crippen LogP contribution in [0.3, 0.4) is 0 Å². The van der Waals surface area contributed by atoms with Crippen LogP contribution in [0.1, 0.15) is 33.7 Å². The molecule has 4 heterocycles. The third-order valence-electron chi connectivity index (χ3n) is 6.72. The highest BCUT2D eigenvalue weighted by Crippen LogP contribution is 2.39. The lowest BCUT2D eigenvalue weighted by Crippen LogP contribution is -2.30. The molecule has 4 aromatic rings. The second kappa shape index (κ2) is 11.4. The first-order valence-electron chi connectivity index (χ1n) is 12.7. The number of nitrogen functional groups attached to an aromatic ring is 1. The molecular formula is C29H26F3N5O4. The molecule has 9 nitrogen and oxygen atoms in total. The normalized spacial score (nSPS) is 15.6. The van der Waals surface area contributed by atoms with Gasteiger partial charge in [0.25, 0.3) is 5.91 Å². The molecule has 12 heteroatoms. The van der Waals surface area contributed by atoms with Crippen LogP contribution in [0.5, 0.6) is 0 Å². The van der Waals surface area contributed by atoms with Crippen molar-refractivity contribution >= 4 is 34.7 Å². The number of benzene rings is 1. The SMILES string of the molecule is CO[C@H]1CCN(C(=O)c2ccc(-c3cc(C(F)(F)F)c4oc(CNC(=O)/C=C/c5ccc(N)nc5)cc4c3)nc2)C1. The van der Waals surface area contributed by atoms with E-state index in [0.717, 1.165) is 12.5 Å². The summed E-state index contributed by atoms with van der Waals surface area (Å²) >= 11 is 0. The number of aromatic nitrogens is 2. The predicted molar refractivity (Wildman–Crippen MR) is 145 cm³/mol. The summed E-state index contributed by atoms with van der Waals surface area (Å²) in [5.74, 6) is -0.187. The second-order valence-electron chi connectivity index (χ2n) is 9.55. The molecule has 0 aliphatic carbocycles. The van der Waals surface area contributed by atoms with Crippen molar-refractivity contribution in [2.75, 3.05) is 25.9 Å². The Labute approximate surface area is 232 Å². The number of pyridine rings is 2. The quantitative estimate of drug-likeness (QED) is 0.312. The van der Waals surface area contributed by atoms with E-state index in [2.05, 4.69) is 15.3 Å². The Morgan fingerprint density at radius 3 is 2.66 bits per heavy atom. The number of nitrogens with zero attached hydrogens (tertiary/aromatic N) is 3. The van der Waals surface area contributed by atoms with Crippen LogP contribution < -0.4 is 11.1 Å². The maximum absolute atomic E-state index is 14.0. The Bertz CT molecular complexity index is 1600. The molecule has 0 saturated carbocycles. The molecule has 212 valence electrons. The first-order valence-corrected chi connectivity index (χ1v) is 12.7. The zero-order valence-electron chi connectivity index (χ0n) is 21.9. The van der Waals surface area contributed by atoms with Gasteiger partial charge in [0.1, 0.15) is 17.2 Å². The number of halogens is 3. The van der Waals surface area contributed by atoms with Crippen LogP contribution in [0.4, 0.5) is 19.0 Å². The van der Waals surface area contributed by atoms with E-state index in [1.807, 2.05) is 0 Å². The number of carbonyl (C=O) groups excluding carboxylic acids is 2. The summed E-state index contributed by atoms with van der Waals surface area (Å²) in [6.45, 7) is 0.909. The van der Waals surface area contributed by atoms with Crippen LogP contribution in [-0.4, -0.2) is 53.0 Å². The highest BCUT2D eigenvalue weighted by molar-refractivity contribution is 5.95. The van der Waals surface area contributed by atoms with E-state index in [9.17, 15) is 22.8 Å². The monoisotopic (exact) mass is 565 g/mol. The van der Waals surface area contributed by atoms with Crippen LogP contribution >= 0.6 is 0 Å². The molecule has 1 atom stereocenters. The van der Waals surface area contributed by atoms with E-state index in [1.54, 1.807) is 30.2 Å². The topological polar surface area (TPSA) is 124 Å². The Kier molecular flexibility index (Phi) is 7.75. The van der Waals surface area contributed by atoms with Crippen molar-refractivity contribution in [1.29, 1.82) is 0 Å². The van der Waals surface area contributed by atoms with Crippen molar-refractivity contribution in [2.45, 2.75) is 25.2 Å². The van der Waals surface area contributed by atoms with Gasteiger partial charge in [-0.1, -0.05) is 0 Å². The molecular weight excluding hydrogens is 539 g/mol. The lowest BCUT2D eigenvalue weighted by molar-refractivity contribution is -0.136. The Morgan fingerprint density at radius 1 is 1.17 bits per heavy atom. The van der Waals surface area contributed by atoms with Gasteiger partial charge in [-0.15, -0.1) is 0 Å². The van der Waals surface area contributed by atoms with Crippen LogP contribution in [0, 0.1) is 0 Å². The average molecular weight is 566 g/mol. The Balaban J connectivity index is 1.34. The van der Waals surface area contributed by atoms with Gasteiger partial charge >= 0.3 is 6.18 Å². The number of furan rings is 1. The standard InChI is InChI=1S/C29H26F3N5O4/c1-40-21-8-9-37(16-21)28(39)18-4-5-24(34-14-18)19-10-20-11-22(41-27(20)23(12-19)29(30,31)32)15-36-26(38)7-3-17-2-6-25(33)35-13-17/h2-7,10-14,21H,8-9,15-16H2,1H3,(H2,33,35)(H,36,38)/b7-3+/t21-/m0/s1. The van der Waals surface area contributed by atoms with E-state index in [-0.39, 0.29) is 46.5 Å². The summed E-state index contributed by atoms with van der Waals surface area (Å²) in [6.07, 6.45) is 1.68. The van der Waals surface area contributed by atoms with Gasteiger partial charge in [-0.3, -0.25) is 14.6 Å². The van der Waals surface area contributed by atoms with Gasteiger partial charge < -0.3 is 25.1 Å². The number of alkyl halides is 3. The first kappa shape index (κ1) is 27.8. The number of fused-ring (bicyclic) bond motifs is 1. The van der Waals surface area contributed by atoms with Crippen molar-refractivity contribution in [3.8, 4) is 11.3 Å². The molecule has 1 saturated heterocycles. The summed E-state index contributed by atoms with van der Waals surface area (Å²) in [5.41, 5.74) is 5.69. The van der Waals surface area contributed by atoms with E-state index in [1.165, 1.54) is 42.7 Å². The summed E-state index contributed by atoms with van der Waals surface area (Å²) in [7, 11) is 1.60. The number of carbonyl (C=O) groups is 2. The minimum atomic E-state index is -4.70. The van der Waals surface area contributed by atoms with Crippen molar-refractivity contribution < 1.29 is 31.9 Å². The molecule has 5 rings (SSSR count). The molecule has 1 aliphatic rings. The summed E-state index contributed by atoms with van der Waals surface area (Å²) in [6, 6.07) is 10.3. The molecule has 3 aromatic heterocycles. The number of rotatable bonds is 7. The van der Waals surface area contributed by atoms with Gasteiger partial charge in [0.15, 0.2) is 0 Å². The average Bonchev–Trinajstić information content (AvgIpc) is 3.61. The molecule has 0 radical (unpaired) electrons. The summed E-state index contributed by atoms with van der Waals surface area (Å²) < 4.78 is 52.8. The zero-order valence-corrected chi connectivity index (χ0v) is 21.9.